The minimum absolute atomic E-state index is 0.665. The third-order valence-electron chi connectivity index (χ3n) is 3.63. The topological polar surface area (TPSA) is 42.2 Å². The van der Waals surface area contributed by atoms with E-state index in [-0.39, 0.29) is 0 Å². The number of fused-ring (bicyclic) bond motifs is 3. The lowest BCUT2D eigenvalue weighted by Gasteiger charge is -2.08. The molecule has 0 amide bonds. The van der Waals surface area contributed by atoms with Crippen LogP contribution in [-0.2, 0) is 4.57 Å². The molecule has 4 aromatic rings. The Morgan fingerprint density at radius 2 is 1.59 bits per heavy atom. The zero-order chi connectivity index (χ0) is 14.9. The second kappa shape index (κ2) is 5.28. The fourth-order valence-electron chi connectivity index (χ4n) is 2.65. The van der Waals surface area contributed by atoms with Crippen molar-refractivity contribution in [3.05, 3.63) is 72.8 Å². The van der Waals surface area contributed by atoms with Gasteiger partial charge in [0.25, 0.3) is 0 Å². The highest BCUT2D eigenvalue weighted by Crippen LogP contribution is 2.39. The van der Waals surface area contributed by atoms with Gasteiger partial charge in [-0.3, -0.25) is 0 Å². The van der Waals surface area contributed by atoms with Gasteiger partial charge in [0.1, 0.15) is 0 Å². The molecule has 22 heavy (non-hydrogen) atoms. The lowest BCUT2D eigenvalue weighted by Crippen LogP contribution is -1.91. The molecule has 1 unspecified atom stereocenters. The summed E-state index contributed by atoms with van der Waals surface area (Å²) in [7, 11) is -1.87. The van der Waals surface area contributed by atoms with Crippen LogP contribution < -0.4 is 5.32 Å². The van der Waals surface area contributed by atoms with Crippen LogP contribution in [0.15, 0.2) is 77.0 Å². The quantitative estimate of drug-likeness (QED) is 0.457. The summed E-state index contributed by atoms with van der Waals surface area (Å²) in [5.74, 6) is 0. The number of para-hydroxylation sites is 2. The number of anilines is 2. The van der Waals surface area contributed by atoms with E-state index < -0.39 is 7.65 Å². The third kappa shape index (κ3) is 2.16. The first-order chi connectivity index (χ1) is 10.8. The van der Waals surface area contributed by atoms with Crippen molar-refractivity contribution < 1.29 is 8.76 Å². The Morgan fingerprint density at radius 3 is 2.45 bits per heavy atom. The summed E-state index contributed by atoms with van der Waals surface area (Å²) in [5.41, 5.74) is 2.59. The molecule has 0 radical (unpaired) electrons. The monoisotopic (exact) mass is 306 g/mol. The molecule has 106 valence electrons. The average Bonchev–Trinajstić information content (AvgIpc) is 2.56. The van der Waals surface area contributed by atoms with Crippen molar-refractivity contribution >= 4 is 40.5 Å². The lowest BCUT2D eigenvalue weighted by molar-refractivity contribution is 0.563. The Morgan fingerprint density at radius 1 is 0.818 bits per heavy atom. The predicted molar refractivity (Wildman–Crippen MR) is 91.1 cm³/mol. The number of rotatable bonds is 2. The van der Waals surface area contributed by atoms with Crippen molar-refractivity contribution in [2.45, 2.75) is 0 Å². The second-order valence-corrected chi connectivity index (χ2v) is 6.21. The maximum Gasteiger partial charge on any atom is 0.597 e. The molecule has 1 heterocycles. The fourth-order valence-corrected chi connectivity index (χ4v) is 3.72. The van der Waals surface area contributed by atoms with Gasteiger partial charge in [0.2, 0.25) is 5.12 Å². The summed E-state index contributed by atoms with van der Waals surface area (Å²) in [6, 6.07) is 23.4. The molecule has 0 saturated heterocycles. The van der Waals surface area contributed by atoms with E-state index in [1.54, 1.807) is 0 Å². The smallest absolute Gasteiger partial charge is 0.355 e. The van der Waals surface area contributed by atoms with Gasteiger partial charge < -0.3 is 5.32 Å². The van der Waals surface area contributed by atoms with E-state index in [0.29, 0.717) is 5.58 Å². The molecular formula is C18H13NO2P+. The van der Waals surface area contributed by atoms with Crippen molar-refractivity contribution in [3.63, 3.8) is 0 Å². The van der Waals surface area contributed by atoms with Crippen molar-refractivity contribution in [3.8, 4) is 0 Å². The molecule has 0 spiro atoms. The number of benzene rings is 3. The van der Waals surface area contributed by atoms with E-state index in [4.69, 9.17) is 4.20 Å². The van der Waals surface area contributed by atoms with E-state index in [2.05, 4.69) is 5.32 Å². The Kier molecular flexibility index (Phi) is 3.14. The molecule has 0 bridgehead atoms. The van der Waals surface area contributed by atoms with Crippen LogP contribution in [0.1, 0.15) is 0 Å². The van der Waals surface area contributed by atoms with Crippen LogP contribution in [0.5, 0.6) is 0 Å². The summed E-state index contributed by atoms with van der Waals surface area (Å²) in [6.45, 7) is 0. The number of hydrogen-bond donors (Lipinski definition) is 1. The first-order valence-corrected chi connectivity index (χ1v) is 8.20. The van der Waals surface area contributed by atoms with Crippen LogP contribution in [0, 0.1) is 0 Å². The van der Waals surface area contributed by atoms with Crippen molar-refractivity contribution in [1.29, 1.82) is 0 Å². The minimum atomic E-state index is -1.87. The maximum absolute atomic E-state index is 12.4. The number of hydrogen-bond acceptors (Lipinski definition) is 3. The highest BCUT2D eigenvalue weighted by molar-refractivity contribution is 7.37. The first-order valence-electron chi connectivity index (χ1n) is 7.02. The molecule has 0 aliphatic carbocycles. The zero-order valence-electron chi connectivity index (χ0n) is 11.7. The molecule has 3 aromatic carbocycles. The molecule has 4 heteroatoms. The van der Waals surface area contributed by atoms with Gasteiger partial charge in [-0.15, -0.1) is 0 Å². The van der Waals surface area contributed by atoms with E-state index in [1.807, 2.05) is 72.8 Å². The van der Waals surface area contributed by atoms with E-state index in [9.17, 15) is 4.57 Å². The molecule has 1 N–H and O–H groups in total. The van der Waals surface area contributed by atoms with Crippen LogP contribution in [0.3, 0.4) is 0 Å². The summed E-state index contributed by atoms with van der Waals surface area (Å²) in [6.07, 6.45) is 0. The van der Waals surface area contributed by atoms with Crippen molar-refractivity contribution in [2.24, 2.45) is 0 Å². The fraction of sp³-hybridized carbons (Fsp3) is 0. The van der Waals surface area contributed by atoms with E-state index >= 15 is 0 Å². The van der Waals surface area contributed by atoms with Gasteiger partial charge in [0.05, 0.1) is 11.1 Å². The maximum atomic E-state index is 12.4. The third-order valence-corrected chi connectivity index (χ3v) is 4.76. The van der Waals surface area contributed by atoms with Gasteiger partial charge in [-0.05, 0) is 34.9 Å². The van der Waals surface area contributed by atoms with Gasteiger partial charge in [-0.1, -0.05) is 42.5 Å². The molecule has 0 saturated carbocycles. The largest absolute Gasteiger partial charge is 0.597 e. The highest BCUT2D eigenvalue weighted by Gasteiger charge is 2.18. The molecule has 0 fully saturated rings. The summed E-state index contributed by atoms with van der Waals surface area (Å²) >= 11 is 0. The van der Waals surface area contributed by atoms with Crippen LogP contribution in [-0.4, -0.2) is 0 Å². The van der Waals surface area contributed by atoms with Crippen LogP contribution in [0.4, 0.5) is 11.4 Å². The Hall–Kier alpha value is -2.64. The second-order valence-electron chi connectivity index (χ2n) is 5.04. The normalized spacial score (nSPS) is 11.7. The van der Waals surface area contributed by atoms with Gasteiger partial charge >= 0.3 is 7.65 Å². The first kappa shape index (κ1) is 13.1. The van der Waals surface area contributed by atoms with Crippen LogP contribution in [0.25, 0.3) is 21.5 Å². The van der Waals surface area contributed by atoms with Gasteiger partial charge in [-0.25, -0.2) is 4.20 Å². The summed E-state index contributed by atoms with van der Waals surface area (Å²) in [4.78, 5) is 0. The average molecular weight is 306 g/mol. The molecule has 0 aliphatic heterocycles. The van der Waals surface area contributed by atoms with Crippen LogP contribution >= 0.6 is 7.65 Å². The zero-order valence-corrected chi connectivity index (χ0v) is 12.6. The predicted octanol–water partition coefficient (Wildman–Crippen LogP) is 6.07. The molecule has 1 aromatic heterocycles. The number of nitrogens with one attached hydrogen (secondary N) is 1. The Labute approximate surface area is 128 Å². The molecule has 3 nitrogen and oxygen atoms in total. The van der Waals surface area contributed by atoms with Crippen molar-refractivity contribution in [2.75, 3.05) is 5.32 Å². The van der Waals surface area contributed by atoms with Gasteiger partial charge in [0, 0.05) is 11.1 Å². The summed E-state index contributed by atoms with van der Waals surface area (Å²) < 4.78 is 17.9. The lowest BCUT2D eigenvalue weighted by atomic mass is 10.1. The Bertz CT molecular complexity index is 1030. The van der Waals surface area contributed by atoms with Gasteiger partial charge in [0.15, 0.2) is 5.58 Å². The Balaban J connectivity index is 2.05. The van der Waals surface area contributed by atoms with E-state index in [0.717, 1.165) is 27.3 Å². The highest BCUT2D eigenvalue weighted by atomic mass is 31.1. The standard InChI is InChI=1S/C18H13NO2P/c20-22-17-12-6-10-15(19-13-7-2-1-3-8-13)18(17)14-9-4-5-11-16(14)21-22/h1-12,19H/q+1. The summed E-state index contributed by atoms with van der Waals surface area (Å²) in [5, 5.41) is 6.06. The van der Waals surface area contributed by atoms with Crippen molar-refractivity contribution in [1.82, 2.24) is 0 Å². The molecule has 1 atom stereocenters. The minimum Gasteiger partial charge on any atom is -0.355 e. The molecule has 0 aliphatic rings. The van der Waals surface area contributed by atoms with E-state index in [1.165, 1.54) is 0 Å². The molecular weight excluding hydrogens is 293 g/mol. The van der Waals surface area contributed by atoms with Gasteiger partial charge in [-0.2, -0.15) is 0 Å². The van der Waals surface area contributed by atoms with Crippen LogP contribution in [0.2, 0.25) is 0 Å². The molecule has 4 rings (SSSR count). The SMILES string of the molecule is O=[p+]1oc2ccccc2c2c(Nc3ccccc3)cccc21.